The van der Waals surface area contributed by atoms with Crippen molar-refractivity contribution in [3.63, 3.8) is 0 Å². The molecule has 0 aromatic carbocycles. The zero-order valence-corrected chi connectivity index (χ0v) is 9.79. The molecule has 0 aromatic heterocycles. The lowest BCUT2D eigenvalue weighted by Crippen LogP contribution is -2.26. The maximum absolute atomic E-state index is 8.81. The van der Waals surface area contributed by atoms with Crippen LogP contribution < -0.4 is 0 Å². The zero-order valence-electron chi connectivity index (χ0n) is 8.90. The molecule has 0 saturated heterocycles. The third-order valence-electron chi connectivity index (χ3n) is 2.63. The van der Waals surface area contributed by atoms with Crippen LogP contribution in [0.2, 0.25) is 0 Å². The Morgan fingerprint density at radius 2 is 1.46 bits per heavy atom. The molecule has 4 heteroatoms. The van der Waals surface area contributed by atoms with E-state index >= 15 is 0 Å². The van der Waals surface area contributed by atoms with E-state index in [9.17, 15) is 0 Å². The van der Waals surface area contributed by atoms with Crippen molar-refractivity contribution in [2.24, 2.45) is 11.8 Å². The zero-order chi connectivity index (χ0) is 10.4. The minimum absolute atomic E-state index is 0.0314. The molecule has 0 amide bonds. The monoisotopic (exact) mass is 208 g/mol. The number of rotatable bonds is 6. The molecule has 0 radical (unpaired) electrons. The minimum Gasteiger partial charge on any atom is -0.328 e. The molecule has 0 bridgehead atoms. The van der Waals surface area contributed by atoms with Gasteiger partial charge in [-0.1, -0.05) is 40.5 Å². The Bertz CT molecular complexity index is 120. The number of hydrogen-bond acceptors (Lipinski definition) is 3. The summed E-state index contributed by atoms with van der Waals surface area (Å²) in [5, 5.41) is 0. The Morgan fingerprint density at radius 1 is 1.08 bits per heavy atom. The van der Waals surface area contributed by atoms with E-state index in [0.717, 1.165) is 12.8 Å². The Morgan fingerprint density at radius 3 is 1.69 bits per heavy atom. The van der Waals surface area contributed by atoms with E-state index in [4.69, 9.17) is 14.3 Å². The standard InChI is InChI=1S/C9H21O3P/c1-5-7(3)9(8(4)6-2)12-13(10)11/h7-11H,5-6H2,1-4H3. The average molecular weight is 208 g/mol. The lowest BCUT2D eigenvalue weighted by atomic mass is 9.90. The third kappa shape index (κ3) is 4.92. The molecule has 0 fully saturated rings. The molecule has 13 heavy (non-hydrogen) atoms. The Hall–Kier alpha value is 0.310. The minimum atomic E-state index is -2.22. The van der Waals surface area contributed by atoms with Crippen molar-refractivity contribution in [1.82, 2.24) is 0 Å². The van der Waals surface area contributed by atoms with Crippen LogP contribution in [-0.2, 0) is 4.52 Å². The van der Waals surface area contributed by atoms with E-state index in [-0.39, 0.29) is 6.10 Å². The molecule has 3 nitrogen and oxygen atoms in total. The fraction of sp³-hybridized carbons (Fsp3) is 1.00. The van der Waals surface area contributed by atoms with Gasteiger partial charge in [0.1, 0.15) is 0 Å². The Kier molecular flexibility index (Phi) is 6.88. The average Bonchev–Trinajstić information content (AvgIpc) is 2.11. The van der Waals surface area contributed by atoms with Gasteiger partial charge in [-0.25, -0.2) is 0 Å². The maximum atomic E-state index is 8.81. The SMILES string of the molecule is CCC(C)C(OP(O)O)C(C)CC. The van der Waals surface area contributed by atoms with Gasteiger partial charge in [0.05, 0.1) is 6.10 Å². The van der Waals surface area contributed by atoms with E-state index < -0.39 is 8.60 Å². The summed E-state index contributed by atoms with van der Waals surface area (Å²) in [5.41, 5.74) is 0. The molecular formula is C9H21O3P. The molecule has 0 saturated carbocycles. The highest BCUT2D eigenvalue weighted by molar-refractivity contribution is 7.39. The van der Waals surface area contributed by atoms with Crippen LogP contribution >= 0.6 is 8.60 Å². The highest BCUT2D eigenvalue weighted by atomic mass is 31.2. The smallest absolute Gasteiger partial charge is 0.327 e. The number of hydrogen-bond donors (Lipinski definition) is 2. The van der Waals surface area contributed by atoms with E-state index in [1.54, 1.807) is 0 Å². The first-order valence-electron chi connectivity index (χ1n) is 4.87. The van der Waals surface area contributed by atoms with Gasteiger partial charge in [0.15, 0.2) is 0 Å². The van der Waals surface area contributed by atoms with Gasteiger partial charge in [0.2, 0.25) is 0 Å². The van der Waals surface area contributed by atoms with Gasteiger partial charge < -0.3 is 14.3 Å². The van der Waals surface area contributed by atoms with Crippen LogP contribution in [0.5, 0.6) is 0 Å². The largest absolute Gasteiger partial charge is 0.328 e. The highest BCUT2D eigenvalue weighted by Crippen LogP contribution is 2.34. The molecule has 0 spiro atoms. The quantitative estimate of drug-likeness (QED) is 0.660. The van der Waals surface area contributed by atoms with Crippen LogP contribution in [-0.4, -0.2) is 15.9 Å². The summed E-state index contributed by atoms with van der Waals surface area (Å²) in [4.78, 5) is 17.6. The molecule has 0 aromatic rings. The lowest BCUT2D eigenvalue weighted by Gasteiger charge is -2.28. The Balaban J connectivity index is 4.17. The normalized spacial score (nSPS) is 18.7. The molecule has 2 N–H and O–H groups in total. The van der Waals surface area contributed by atoms with Crippen LogP contribution in [0, 0.1) is 11.8 Å². The fourth-order valence-electron chi connectivity index (χ4n) is 1.34. The van der Waals surface area contributed by atoms with Crippen LogP contribution in [0.3, 0.4) is 0 Å². The van der Waals surface area contributed by atoms with Crippen LogP contribution in [0.4, 0.5) is 0 Å². The molecule has 0 rings (SSSR count). The van der Waals surface area contributed by atoms with E-state index in [1.807, 2.05) is 0 Å². The first-order valence-corrected chi connectivity index (χ1v) is 6.04. The summed E-state index contributed by atoms with van der Waals surface area (Å²) in [6, 6.07) is 0. The summed E-state index contributed by atoms with van der Waals surface area (Å²) < 4.78 is 5.13. The third-order valence-corrected chi connectivity index (χ3v) is 3.06. The lowest BCUT2D eigenvalue weighted by molar-refractivity contribution is 0.0715. The molecule has 2 atom stereocenters. The summed E-state index contributed by atoms with van der Waals surface area (Å²) in [5.74, 6) is 0.749. The molecule has 0 aliphatic carbocycles. The Labute approximate surface area is 82.1 Å². The van der Waals surface area contributed by atoms with Crippen molar-refractivity contribution in [2.75, 3.05) is 0 Å². The second kappa shape index (κ2) is 6.72. The van der Waals surface area contributed by atoms with E-state index in [0.29, 0.717) is 11.8 Å². The van der Waals surface area contributed by atoms with Gasteiger partial charge in [-0.15, -0.1) is 0 Å². The van der Waals surface area contributed by atoms with Crippen LogP contribution in [0.1, 0.15) is 40.5 Å². The van der Waals surface area contributed by atoms with Gasteiger partial charge >= 0.3 is 8.60 Å². The van der Waals surface area contributed by atoms with Gasteiger partial charge in [-0.3, -0.25) is 0 Å². The highest BCUT2D eigenvalue weighted by Gasteiger charge is 2.24. The molecule has 80 valence electrons. The summed E-state index contributed by atoms with van der Waals surface area (Å²) in [7, 11) is -2.22. The van der Waals surface area contributed by atoms with Gasteiger partial charge in [-0.05, 0) is 11.8 Å². The van der Waals surface area contributed by atoms with Crippen molar-refractivity contribution >= 4 is 8.60 Å². The molecular weight excluding hydrogens is 187 g/mol. The summed E-state index contributed by atoms with van der Waals surface area (Å²) >= 11 is 0. The van der Waals surface area contributed by atoms with Crippen LogP contribution in [0.25, 0.3) is 0 Å². The van der Waals surface area contributed by atoms with Crippen molar-refractivity contribution in [2.45, 2.75) is 46.6 Å². The van der Waals surface area contributed by atoms with E-state index in [2.05, 4.69) is 27.7 Å². The summed E-state index contributed by atoms with van der Waals surface area (Å²) in [6.45, 7) is 8.33. The first kappa shape index (κ1) is 13.3. The predicted molar refractivity (Wildman–Crippen MR) is 55.1 cm³/mol. The summed E-state index contributed by atoms with van der Waals surface area (Å²) in [6.07, 6.45) is 1.97. The van der Waals surface area contributed by atoms with Gasteiger partial charge in [-0.2, -0.15) is 0 Å². The molecule has 0 aliphatic heterocycles. The van der Waals surface area contributed by atoms with Gasteiger partial charge in [0.25, 0.3) is 0 Å². The molecule has 0 heterocycles. The molecule has 2 unspecified atom stereocenters. The second-order valence-electron chi connectivity index (χ2n) is 3.59. The van der Waals surface area contributed by atoms with Crippen molar-refractivity contribution in [3.05, 3.63) is 0 Å². The first-order chi connectivity index (χ1) is 6.02. The maximum Gasteiger partial charge on any atom is 0.327 e. The van der Waals surface area contributed by atoms with Crippen molar-refractivity contribution in [1.29, 1.82) is 0 Å². The second-order valence-corrected chi connectivity index (χ2v) is 4.31. The fourth-order valence-corrected chi connectivity index (χ4v) is 1.98. The van der Waals surface area contributed by atoms with Crippen molar-refractivity contribution < 1.29 is 14.3 Å². The van der Waals surface area contributed by atoms with Crippen LogP contribution in [0.15, 0.2) is 0 Å². The van der Waals surface area contributed by atoms with E-state index in [1.165, 1.54) is 0 Å². The topological polar surface area (TPSA) is 49.7 Å². The molecule has 0 aliphatic rings. The predicted octanol–water partition coefficient (Wildman–Crippen LogP) is 2.68. The van der Waals surface area contributed by atoms with Gasteiger partial charge in [0, 0.05) is 0 Å². The van der Waals surface area contributed by atoms with Crippen molar-refractivity contribution in [3.8, 4) is 0 Å².